The zero-order chi connectivity index (χ0) is 17.5. The molecule has 0 heterocycles. The summed E-state index contributed by atoms with van der Waals surface area (Å²) in [5, 5.41) is 0. The maximum atomic E-state index is 5.73. The van der Waals surface area contributed by atoms with E-state index in [2.05, 4.69) is 43.3 Å². The lowest BCUT2D eigenvalue weighted by atomic mass is 10.0. The van der Waals surface area contributed by atoms with Crippen LogP contribution in [0.3, 0.4) is 0 Å². The topological polar surface area (TPSA) is 18.5 Å². The van der Waals surface area contributed by atoms with E-state index in [1.165, 1.54) is 16.7 Å². The predicted octanol–water partition coefficient (Wildman–Crippen LogP) is 5.84. The summed E-state index contributed by atoms with van der Waals surface area (Å²) in [5.41, 5.74) is 4.73. The Labute approximate surface area is 149 Å². The third kappa shape index (κ3) is 4.51. The standard InChI is InChI=1S/C23H22O2/c1-18(15-16-25-22-8-4-3-5-9-22)19-11-13-20(14-12-19)21-7-6-10-23(17-21)24-2/h3-15,17H,16H2,1-2H3. The Morgan fingerprint density at radius 2 is 1.52 bits per heavy atom. The molecule has 0 spiro atoms. The molecule has 0 aliphatic carbocycles. The molecule has 0 saturated heterocycles. The number of hydrogen-bond acceptors (Lipinski definition) is 2. The highest BCUT2D eigenvalue weighted by atomic mass is 16.5. The Kier molecular flexibility index (Phi) is 5.53. The minimum absolute atomic E-state index is 0.563. The number of rotatable bonds is 6. The molecule has 0 radical (unpaired) electrons. The second-order valence-corrected chi connectivity index (χ2v) is 5.82. The van der Waals surface area contributed by atoms with Crippen LogP contribution in [0.1, 0.15) is 12.5 Å². The lowest BCUT2D eigenvalue weighted by molar-refractivity contribution is 0.363. The Balaban J connectivity index is 1.67. The molecule has 0 atom stereocenters. The fourth-order valence-corrected chi connectivity index (χ4v) is 2.63. The van der Waals surface area contributed by atoms with E-state index in [4.69, 9.17) is 9.47 Å². The zero-order valence-electron chi connectivity index (χ0n) is 14.6. The maximum Gasteiger partial charge on any atom is 0.119 e. The summed E-state index contributed by atoms with van der Waals surface area (Å²) in [6.07, 6.45) is 2.10. The van der Waals surface area contributed by atoms with Crippen LogP contribution in [0.2, 0.25) is 0 Å². The van der Waals surface area contributed by atoms with Crippen LogP contribution in [0.25, 0.3) is 16.7 Å². The Bertz CT molecular complexity index is 833. The van der Waals surface area contributed by atoms with Crippen molar-refractivity contribution in [2.24, 2.45) is 0 Å². The van der Waals surface area contributed by atoms with E-state index in [0.29, 0.717) is 6.61 Å². The minimum Gasteiger partial charge on any atom is -0.497 e. The molecule has 0 saturated carbocycles. The van der Waals surface area contributed by atoms with Crippen molar-refractivity contribution >= 4 is 5.57 Å². The van der Waals surface area contributed by atoms with Crippen molar-refractivity contribution in [1.29, 1.82) is 0 Å². The van der Waals surface area contributed by atoms with Crippen LogP contribution >= 0.6 is 0 Å². The van der Waals surface area contributed by atoms with Gasteiger partial charge in [0, 0.05) is 0 Å². The van der Waals surface area contributed by atoms with Gasteiger partial charge in [-0.3, -0.25) is 0 Å². The largest absolute Gasteiger partial charge is 0.497 e. The van der Waals surface area contributed by atoms with Crippen LogP contribution < -0.4 is 9.47 Å². The molecular formula is C23H22O2. The van der Waals surface area contributed by atoms with Gasteiger partial charge < -0.3 is 9.47 Å². The van der Waals surface area contributed by atoms with Crippen LogP contribution in [-0.2, 0) is 0 Å². The maximum absolute atomic E-state index is 5.73. The highest BCUT2D eigenvalue weighted by molar-refractivity contribution is 5.70. The zero-order valence-corrected chi connectivity index (χ0v) is 14.6. The van der Waals surface area contributed by atoms with Gasteiger partial charge in [0.05, 0.1) is 7.11 Å². The van der Waals surface area contributed by atoms with Gasteiger partial charge in [0.25, 0.3) is 0 Å². The van der Waals surface area contributed by atoms with Crippen molar-refractivity contribution in [1.82, 2.24) is 0 Å². The highest BCUT2D eigenvalue weighted by Gasteiger charge is 2.01. The summed E-state index contributed by atoms with van der Waals surface area (Å²) >= 11 is 0. The minimum atomic E-state index is 0.563. The Hall–Kier alpha value is -3.00. The molecular weight excluding hydrogens is 308 g/mol. The van der Waals surface area contributed by atoms with Crippen LogP contribution in [0.4, 0.5) is 0 Å². The third-order valence-corrected chi connectivity index (χ3v) is 4.13. The molecule has 0 bridgehead atoms. The SMILES string of the molecule is COc1cccc(-c2ccc(C(C)=CCOc3ccccc3)cc2)c1. The van der Waals surface area contributed by atoms with E-state index in [9.17, 15) is 0 Å². The van der Waals surface area contributed by atoms with Crippen LogP contribution in [0.5, 0.6) is 11.5 Å². The van der Waals surface area contributed by atoms with Gasteiger partial charge in [0.1, 0.15) is 18.1 Å². The van der Waals surface area contributed by atoms with Gasteiger partial charge in [-0.25, -0.2) is 0 Å². The van der Waals surface area contributed by atoms with E-state index in [1.54, 1.807) is 7.11 Å². The molecule has 0 aliphatic heterocycles. The molecule has 0 aliphatic rings. The van der Waals surface area contributed by atoms with Gasteiger partial charge in [-0.15, -0.1) is 0 Å². The first-order valence-corrected chi connectivity index (χ1v) is 8.36. The van der Waals surface area contributed by atoms with Gasteiger partial charge >= 0.3 is 0 Å². The molecule has 2 nitrogen and oxygen atoms in total. The smallest absolute Gasteiger partial charge is 0.119 e. The van der Waals surface area contributed by atoms with Crippen LogP contribution in [-0.4, -0.2) is 13.7 Å². The molecule has 3 aromatic rings. The quantitative estimate of drug-likeness (QED) is 0.565. The predicted molar refractivity (Wildman–Crippen MR) is 104 cm³/mol. The highest BCUT2D eigenvalue weighted by Crippen LogP contribution is 2.25. The number of benzene rings is 3. The molecule has 2 heteroatoms. The monoisotopic (exact) mass is 330 g/mol. The third-order valence-electron chi connectivity index (χ3n) is 4.13. The number of ether oxygens (including phenoxy) is 2. The second-order valence-electron chi connectivity index (χ2n) is 5.82. The molecule has 3 aromatic carbocycles. The molecule has 0 fully saturated rings. The summed E-state index contributed by atoms with van der Waals surface area (Å²) in [5.74, 6) is 1.76. The van der Waals surface area contributed by atoms with Gasteiger partial charge in [-0.1, -0.05) is 54.6 Å². The van der Waals surface area contributed by atoms with Gasteiger partial charge in [-0.05, 0) is 59.5 Å². The number of hydrogen-bond donors (Lipinski definition) is 0. The summed E-state index contributed by atoms with van der Waals surface area (Å²) in [7, 11) is 1.69. The summed E-state index contributed by atoms with van der Waals surface area (Å²) in [6.45, 7) is 2.67. The van der Waals surface area contributed by atoms with E-state index in [-0.39, 0.29) is 0 Å². The number of methoxy groups -OCH3 is 1. The van der Waals surface area contributed by atoms with Crippen molar-refractivity contribution in [3.05, 3.63) is 90.5 Å². The van der Waals surface area contributed by atoms with Gasteiger partial charge in [-0.2, -0.15) is 0 Å². The summed E-state index contributed by atoms with van der Waals surface area (Å²) in [6, 6.07) is 26.5. The van der Waals surface area contributed by atoms with E-state index >= 15 is 0 Å². The van der Waals surface area contributed by atoms with E-state index in [0.717, 1.165) is 17.1 Å². The molecule has 0 amide bonds. The van der Waals surface area contributed by atoms with E-state index in [1.807, 2.05) is 48.5 Å². The summed E-state index contributed by atoms with van der Waals surface area (Å²) in [4.78, 5) is 0. The van der Waals surface area contributed by atoms with E-state index < -0.39 is 0 Å². The van der Waals surface area contributed by atoms with Crippen molar-refractivity contribution in [2.45, 2.75) is 6.92 Å². The van der Waals surface area contributed by atoms with Crippen LogP contribution in [0, 0.1) is 0 Å². The van der Waals surface area contributed by atoms with Gasteiger partial charge in [0.2, 0.25) is 0 Å². The molecule has 3 rings (SSSR count). The van der Waals surface area contributed by atoms with Crippen LogP contribution in [0.15, 0.2) is 84.9 Å². The average Bonchev–Trinajstić information content (AvgIpc) is 2.69. The second kappa shape index (κ2) is 8.20. The van der Waals surface area contributed by atoms with Crippen molar-refractivity contribution in [3.8, 4) is 22.6 Å². The normalized spacial score (nSPS) is 11.2. The fourth-order valence-electron chi connectivity index (χ4n) is 2.63. The Morgan fingerprint density at radius 1 is 0.800 bits per heavy atom. The molecule has 25 heavy (non-hydrogen) atoms. The first kappa shape index (κ1) is 16.8. The Morgan fingerprint density at radius 3 is 2.24 bits per heavy atom. The van der Waals surface area contributed by atoms with Crippen molar-refractivity contribution in [2.75, 3.05) is 13.7 Å². The summed E-state index contributed by atoms with van der Waals surface area (Å²) < 4.78 is 11.0. The van der Waals surface area contributed by atoms with Crippen molar-refractivity contribution < 1.29 is 9.47 Å². The molecule has 0 aromatic heterocycles. The van der Waals surface area contributed by atoms with Crippen molar-refractivity contribution in [3.63, 3.8) is 0 Å². The number of para-hydroxylation sites is 1. The molecule has 0 N–H and O–H groups in total. The first-order chi connectivity index (χ1) is 12.3. The number of allylic oxidation sites excluding steroid dienone is 1. The van der Waals surface area contributed by atoms with Gasteiger partial charge in [0.15, 0.2) is 0 Å². The first-order valence-electron chi connectivity index (χ1n) is 8.36. The average molecular weight is 330 g/mol. The lowest BCUT2D eigenvalue weighted by Crippen LogP contribution is -1.94. The molecule has 0 unspecified atom stereocenters. The lowest BCUT2D eigenvalue weighted by Gasteiger charge is -2.08. The fraction of sp³-hybridized carbons (Fsp3) is 0.130. The molecule has 126 valence electrons.